The predicted octanol–water partition coefficient (Wildman–Crippen LogP) is 2.47. The summed E-state index contributed by atoms with van der Waals surface area (Å²) in [4.78, 5) is 14.7. The molecule has 20 heavy (non-hydrogen) atoms. The maximum atomic E-state index is 12.2. The van der Waals surface area contributed by atoms with E-state index in [0.29, 0.717) is 0 Å². The van der Waals surface area contributed by atoms with E-state index >= 15 is 0 Å². The molecule has 9 heteroatoms. The van der Waals surface area contributed by atoms with Gasteiger partial charge >= 0.3 is 0 Å². The van der Waals surface area contributed by atoms with Gasteiger partial charge in [0.2, 0.25) is 0 Å². The van der Waals surface area contributed by atoms with Crippen molar-refractivity contribution in [2.45, 2.75) is 18.7 Å². The summed E-state index contributed by atoms with van der Waals surface area (Å²) in [5.74, 6) is 0. The summed E-state index contributed by atoms with van der Waals surface area (Å²) >= 11 is 1.18. The molecule has 2 rings (SSSR count). The van der Waals surface area contributed by atoms with Gasteiger partial charge in [-0.3, -0.25) is 14.8 Å². The van der Waals surface area contributed by atoms with Crippen LogP contribution in [0.4, 0.5) is 10.8 Å². The van der Waals surface area contributed by atoms with Crippen LogP contribution >= 0.6 is 11.3 Å². The van der Waals surface area contributed by atoms with Crippen LogP contribution in [0.5, 0.6) is 0 Å². The zero-order valence-electron chi connectivity index (χ0n) is 10.7. The van der Waals surface area contributed by atoms with Crippen LogP contribution in [-0.4, -0.2) is 18.3 Å². The Kier molecular flexibility index (Phi) is 3.73. The fourth-order valence-corrected chi connectivity index (χ4v) is 3.74. The number of hydrogen-bond donors (Lipinski definition) is 1. The maximum absolute atomic E-state index is 12.2. The average Bonchev–Trinajstić information content (AvgIpc) is 2.67. The van der Waals surface area contributed by atoms with E-state index in [1.807, 2.05) is 6.92 Å². The lowest BCUT2D eigenvalue weighted by Gasteiger charge is -2.05. The van der Waals surface area contributed by atoms with Gasteiger partial charge in [0.1, 0.15) is 0 Å². The first-order valence-electron chi connectivity index (χ1n) is 5.51. The van der Waals surface area contributed by atoms with Crippen molar-refractivity contribution in [2.24, 2.45) is 0 Å². The predicted molar refractivity (Wildman–Crippen MR) is 75.5 cm³/mol. The zero-order chi connectivity index (χ0) is 14.9. The van der Waals surface area contributed by atoms with E-state index in [4.69, 9.17) is 0 Å². The van der Waals surface area contributed by atoms with Crippen molar-refractivity contribution in [1.29, 1.82) is 0 Å². The normalized spacial score (nSPS) is 11.3. The second-order valence-electron chi connectivity index (χ2n) is 3.99. The summed E-state index contributed by atoms with van der Waals surface area (Å²) < 4.78 is 26.7. The first-order valence-corrected chi connectivity index (χ1v) is 7.81. The number of thiazole rings is 1. The molecule has 1 aromatic heterocycles. The Morgan fingerprint density at radius 2 is 1.95 bits per heavy atom. The molecule has 0 aliphatic heterocycles. The molecule has 0 amide bonds. The lowest BCUT2D eigenvalue weighted by atomic mass is 10.3. The summed E-state index contributed by atoms with van der Waals surface area (Å²) in [6.07, 6.45) is 0. The van der Waals surface area contributed by atoms with E-state index in [1.165, 1.54) is 29.5 Å². The summed E-state index contributed by atoms with van der Waals surface area (Å²) in [5.41, 5.74) is 0.250. The highest BCUT2D eigenvalue weighted by Crippen LogP contribution is 2.28. The van der Waals surface area contributed by atoms with Gasteiger partial charge in [-0.25, -0.2) is 13.4 Å². The van der Waals surface area contributed by atoms with E-state index in [1.54, 1.807) is 6.92 Å². The molecular formula is C11H11N3O4S2. The lowest BCUT2D eigenvalue weighted by molar-refractivity contribution is -0.387. The molecule has 1 aromatic carbocycles. The quantitative estimate of drug-likeness (QED) is 0.690. The maximum Gasteiger partial charge on any atom is 0.289 e. The smallest absolute Gasteiger partial charge is 0.258 e. The van der Waals surface area contributed by atoms with Crippen LogP contribution in [0, 0.1) is 24.0 Å². The monoisotopic (exact) mass is 313 g/mol. The third-order valence-corrected chi connectivity index (χ3v) is 5.11. The summed E-state index contributed by atoms with van der Waals surface area (Å²) in [6, 6.07) is 5.18. The Bertz CT molecular complexity index is 748. The number of aromatic nitrogens is 1. The highest BCUT2D eigenvalue weighted by molar-refractivity contribution is 7.93. The SMILES string of the molecule is Cc1nc(NS(=O)(=O)c2ccccc2[N+](=O)[O-])sc1C. The van der Waals surface area contributed by atoms with Gasteiger partial charge in [-0.15, -0.1) is 11.3 Å². The van der Waals surface area contributed by atoms with Gasteiger partial charge in [0, 0.05) is 10.9 Å². The number of aryl methyl sites for hydroxylation is 2. The minimum absolute atomic E-state index is 0.193. The van der Waals surface area contributed by atoms with Gasteiger partial charge < -0.3 is 0 Å². The van der Waals surface area contributed by atoms with Crippen molar-refractivity contribution in [3.05, 3.63) is 45.0 Å². The first kappa shape index (κ1) is 14.4. The minimum atomic E-state index is -4.04. The van der Waals surface area contributed by atoms with Gasteiger partial charge in [-0.2, -0.15) is 0 Å². The lowest BCUT2D eigenvalue weighted by Crippen LogP contribution is -2.14. The van der Waals surface area contributed by atoms with E-state index in [-0.39, 0.29) is 10.0 Å². The number of sulfonamides is 1. The summed E-state index contributed by atoms with van der Waals surface area (Å²) in [6.45, 7) is 3.57. The molecule has 0 aliphatic carbocycles. The van der Waals surface area contributed by atoms with Crippen molar-refractivity contribution in [1.82, 2.24) is 4.98 Å². The third-order valence-electron chi connectivity index (χ3n) is 2.60. The van der Waals surface area contributed by atoms with E-state index in [0.717, 1.165) is 16.6 Å². The number of para-hydroxylation sites is 1. The Morgan fingerprint density at radius 3 is 2.50 bits per heavy atom. The fourth-order valence-electron chi connectivity index (χ4n) is 1.52. The highest BCUT2D eigenvalue weighted by Gasteiger charge is 2.26. The van der Waals surface area contributed by atoms with Crippen molar-refractivity contribution in [2.75, 3.05) is 4.72 Å². The van der Waals surface area contributed by atoms with E-state index < -0.39 is 20.6 Å². The molecule has 0 saturated carbocycles. The molecule has 0 fully saturated rings. The second kappa shape index (κ2) is 5.17. The van der Waals surface area contributed by atoms with Crippen molar-refractivity contribution in [3.8, 4) is 0 Å². The largest absolute Gasteiger partial charge is 0.289 e. The van der Waals surface area contributed by atoms with Crippen molar-refractivity contribution < 1.29 is 13.3 Å². The highest BCUT2D eigenvalue weighted by atomic mass is 32.2. The molecule has 0 spiro atoms. The van der Waals surface area contributed by atoms with Crippen LogP contribution in [0.2, 0.25) is 0 Å². The number of anilines is 1. The molecule has 1 N–H and O–H groups in total. The van der Waals surface area contributed by atoms with E-state index in [9.17, 15) is 18.5 Å². The van der Waals surface area contributed by atoms with Crippen LogP contribution in [0.15, 0.2) is 29.2 Å². The van der Waals surface area contributed by atoms with E-state index in [2.05, 4.69) is 9.71 Å². The molecule has 7 nitrogen and oxygen atoms in total. The zero-order valence-corrected chi connectivity index (χ0v) is 12.3. The van der Waals surface area contributed by atoms with Gasteiger partial charge in [0.15, 0.2) is 10.0 Å². The number of nitro benzene ring substituents is 1. The number of hydrogen-bond acceptors (Lipinski definition) is 6. The van der Waals surface area contributed by atoms with Crippen LogP contribution in [0.3, 0.4) is 0 Å². The Morgan fingerprint density at radius 1 is 1.30 bits per heavy atom. The van der Waals surface area contributed by atoms with Crippen LogP contribution in [-0.2, 0) is 10.0 Å². The second-order valence-corrected chi connectivity index (χ2v) is 6.84. The van der Waals surface area contributed by atoms with Gasteiger partial charge in [-0.1, -0.05) is 12.1 Å². The molecule has 0 unspecified atom stereocenters. The number of rotatable bonds is 4. The van der Waals surface area contributed by atoms with Gasteiger partial charge in [0.05, 0.1) is 10.6 Å². The summed E-state index contributed by atoms with van der Waals surface area (Å²) in [7, 11) is -4.04. The van der Waals surface area contributed by atoms with Crippen molar-refractivity contribution >= 4 is 32.2 Å². The molecule has 0 bridgehead atoms. The minimum Gasteiger partial charge on any atom is -0.258 e. The fraction of sp³-hybridized carbons (Fsp3) is 0.182. The van der Waals surface area contributed by atoms with Crippen LogP contribution in [0.1, 0.15) is 10.6 Å². The Labute approximate surface area is 119 Å². The average molecular weight is 313 g/mol. The van der Waals surface area contributed by atoms with Gasteiger partial charge in [0.25, 0.3) is 15.7 Å². The number of nitro groups is 1. The van der Waals surface area contributed by atoms with Gasteiger partial charge in [-0.05, 0) is 19.9 Å². The molecule has 106 valence electrons. The standard InChI is InChI=1S/C11H11N3O4S2/c1-7-8(2)19-11(12-7)13-20(17,18)10-6-4-3-5-9(10)14(15)16/h3-6H,1-2H3,(H,12,13). The molecule has 2 aromatic rings. The molecule has 0 aliphatic rings. The Hall–Kier alpha value is -2.00. The molecule has 1 heterocycles. The molecule has 0 saturated heterocycles. The number of nitrogens with one attached hydrogen (secondary N) is 1. The topological polar surface area (TPSA) is 102 Å². The van der Waals surface area contributed by atoms with Crippen LogP contribution in [0.25, 0.3) is 0 Å². The van der Waals surface area contributed by atoms with Crippen LogP contribution < -0.4 is 4.72 Å². The Balaban J connectivity index is 2.43. The summed E-state index contributed by atoms with van der Waals surface area (Å²) in [5, 5.41) is 11.1. The molecular weight excluding hydrogens is 302 g/mol. The molecule has 0 atom stereocenters. The first-order chi connectivity index (χ1) is 9.31. The van der Waals surface area contributed by atoms with Crippen molar-refractivity contribution in [3.63, 3.8) is 0 Å². The molecule has 0 radical (unpaired) electrons. The number of benzene rings is 1. The third kappa shape index (κ3) is 2.78. The number of nitrogens with zero attached hydrogens (tertiary/aromatic N) is 2.